The highest BCUT2D eigenvalue weighted by Gasteiger charge is 2.18. The topological polar surface area (TPSA) is 116 Å². The van der Waals surface area contributed by atoms with E-state index < -0.39 is 0 Å². The smallest absolute Gasteiger partial charge is 0.145 e. The summed E-state index contributed by atoms with van der Waals surface area (Å²) in [6.45, 7) is 7.76. The van der Waals surface area contributed by atoms with Crippen molar-refractivity contribution in [2.45, 2.75) is 47.3 Å². The first-order valence-electron chi connectivity index (χ1n) is 16.6. The zero-order valence-electron chi connectivity index (χ0n) is 29.2. The number of H-pyrrole nitrogens is 1. The van der Waals surface area contributed by atoms with Crippen molar-refractivity contribution in [3.8, 4) is 27.9 Å². The van der Waals surface area contributed by atoms with Gasteiger partial charge in [-0.3, -0.25) is 9.25 Å². The third-order valence-electron chi connectivity index (χ3n) is 8.66. The van der Waals surface area contributed by atoms with E-state index in [9.17, 15) is 0 Å². The second-order valence-electron chi connectivity index (χ2n) is 12.3. The number of fused-ring (bicyclic) bond motifs is 2. The van der Waals surface area contributed by atoms with E-state index in [-0.39, 0.29) is 0 Å². The monoisotopic (exact) mass is 722 g/mol. The van der Waals surface area contributed by atoms with Crippen LogP contribution in [0.3, 0.4) is 0 Å². The number of hydrogen-bond donors (Lipinski definition) is 1. The first kappa shape index (κ1) is 33.3. The van der Waals surface area contributed by atoms with Crippen LogP contribution in [0.1, 0.15) is 22.9 Å². The lowest BCUT2D eigenvalue weighted by atomic mass is 10.1. The van der Waals surface area contributed by atoms with Crippen molar-refractivity contribution in [1.82, 2.24) is 39.6 Å². The van der Waals surface area contributed by atoms with Crippen molar-refractivity contribution in [2.75, 3.05) is 0 Å². The number of aryl methyl sites for hydroxylation is 5. The van der Waals surface area contributed by atoms with Gasteiger partial charge in [0.25, 0.3) is 0 Å². The predicted octanol–water partition coefficient (Wildman–Crippen LogP) is 10.2. The van der Waals surface area contributed by atoms with Crippen LogP contribution in [-0.4, -0.2) is 39.6 Å². The molecular weight excluding hydrogens is 689 g/mol. The van der Waals surface area contributed by atoms with E-state index in [4.69, 9.17) is 14.0 Å². The molecule has 0 aliphatic heterocycles. The number of nitrogens with one attached hydrogen (secondary N) is 1. The minimum absolute atomic E-state index is 0.799. The third kappa shape index (κ3) is 6.54. The Morgan fingerprint density at radius 3 is 1.79 bits per heavy atom. The van der Waals surface area contributed by atoms with Gasteiger partial charge < -0.3 is 14.0 Å². The summed E-state index contributed by atoms with van der Waals surface area (Å²) in [7, 11) is 1.91. The molecule has 0 saturated carbocycles. The lowest BCUT2D eigenvalue weighted by molar-refractivity contribution is 0.393. The molecular formula is C40H34N8O2S2. The molecule has 9 rings (SSSR count). The minimum Gasteiger partial charge on any atom is -0.361 e. The molecule has 52 heavy (non-hydrogen) atoms. The van der Waals surface area contributed by atoms with Crippen molar-refractivity contribution in [2.24, 2.45) is 7.05 Å². The Morgan fingerprint density at radius 2 is 1.23 bits per heavy atom. The Hall–Kier alpha value is -5.85. The maximum Gasteiger partial charge on any atom is 0.145 e. The van der Waals surface area contributed by atoms with Crippen LogP contribution in [0.4, 0.5) is 0 Å². The molecule has 0 unspecified atom stereocenters. The summed E-state index contributed by atoms with van der Waals surface area (Å²) < 4.78 is 14.5. The maximum atomic E-state index is 5.37. The van der Waals surface area contributed by atoms with E-state index in [0.717, 1.165) is 82.7 Å². The van der Waals surface area contributed by atoms with Crippen LogP contribution in [0.25, 0.3) is 50.0 Å². The summed E-state index contributed by atoms with van der Waals surface area (Å²) in [5.74, 6) is 1.61. The van der Waals surface area contributed by atoms with Crippen molar-refractivity contribution < 1.29 is 9.05 Å². The first-order valence-corrected chi connectivity index (χ1v) is 18.2. The Kier molecular flexibility index (Phi) is 9.00. The van der Waals surface area contributed by atoms with Crippen LogP contribution in [0, 0.1) is 27.7 Å². The van der Waals surface area contributed by atoms with Crippen LogP contribution in [-0.2, 0) is 7.05 Å². The molecule has 7 aromatic heterocycles. The highest BCUT2D eigenvalue weighted by atomic mass is 32.2. The summed E-state index contributed by atoms with van der Waals surface area (Å²) in [4.78, 5) is 17.3. The van der Waals surface area contributed by atoms with E-state index >= 15 is 0 Å². The van der Waals surface area contributed by atoms with Gasteiger partial charge in [-0.15, -0.1) is 0 Å². The molecule has 0 radical (unpaired) electrons. The lowest BCUT2D eigenvalue weighted by Crippen LogP contribution is -1.93. The van der Waals surface area contributed by atoms with Crippen LogP contribution < -0.4 is 0 Å². The van der Waals surface area contributed by atoms with E-state index in [1.807, 2.05) is 90.0 Å². The fourth-order valence-electron chi connectivity index (χ4n) is 6.25. The van der Waals surface area contributed by atoms with Gasteiger partial charge in [-0.05, 0) is 64.1 Å². The zero-order valence-corrected chi connectivity index (χ0v) is 30.8. The molecule has 2 aromatic carbocycles. The van der Waals surface area contributed by atoms with Gasteiger partial charge >= 0.3 is 0 Å². The summed E-state index contributed by atoms with van der Waals surface area (Å²) in [5.41, 5.74) is 8.58. The number of aromatic amines is 1. The maximum absolute atomic E-state index is 5.37. The number of benzene rings is 2. The Bertz CT molecular complexity index is 2610. The van der Waals surface area contributed by atoms with Crippen molar-refractivity contribution in [3.63, 3.8) is 0 Å². The van der Waals surface area contributed by atoms with E-state index in [1.165, 1.54) is 9.79 Å². The molecule has 10 nitrogen and oxygen atoms in total. The highest BCUT2D eigenvalue weighted by Crippen LogP contribution is 2.39. The molecule has 0 spiro atoms. The SMILES string of the molecule is Cc1noc(C)c1-c1cnc2[nH]cc(Sc3ccccc3)c2c1.Cc1noc(C)c1-c1cnc2c(c1)c(Sc1ccccc1)cn2-c1cnn(C)c1. The van der Waals surface area contributed by atoms with Crippen molar-refractivity contribution in [3.05, 3.63) is 133 Å². The van der Waals surface area contributed by atoms with Gasteiger partial charge in [0.05, 0.1) is 23.3 Å². The van der Waals surface area contributed by atoms with Gasteiger partial charge in [0.15, 0.2) is 0 Å². The first-order chi connectivity index (χ1) is 25.3. The van der Waals surface area contributed by atoms with Crippen LogP contribution in [0.15, 0.2) is 139 Å². The molecule has 0 saturated heterocycles. The van der Waals surface area contributed by atoms with Crippen LogP contribution >= 0.6 is 23.5 Å². The molecule has 0 amide bonds. The van der Waals surface area contributed by atoms with Crippen molar-refractivity contribution >= 4 is 45.6 Å². The highest BCUT2D eigenvalue weighted by molar-refractivity contribution is 7.99. The fourth-order valence-corrected chi connectivity index (χ4v) is 8.14. The lowest BCUT2D eigenvalue weighted by Gasteiger charge is -2.04. The summed E-state index contributed by atoms with van der Waals surface area (Å²) in [6, 6.07) is 25.0. The fraction of sp³-hybridized carbons (Fsp3) is 0.125. The van der Waals surface area contributed by atoms with E-state index in [1.54, 1.807) is 28.2 Å². The molecule has 0 bridgehead atoms. The number of pyridine rings is 2. The summed E-state index contributed by atoms with van der Waals surface area (Å²) in [5, 5.41) is 14.6. The number of rotatable bonds is 7. The molecule has 258 valence electrons. The van der Waals surface area contributed by atoms with Crippen LogP contribution in [0.5, 0.6) is 0 Å². The Morgan fingerprint density at radius 1 is 0.654 bits per heavy atom. The standard InChI is InChI=1S/C22H19N5OS.C18H15N3OS/c1-14-21(15(2)28-25-14)16-9-19-20(29-18-7-5-4-6-8-18)13-27(22(19)23-10-16)17-11-24-26(3)12-17;1-11-17(12(2)22-21-11)13-8-15-16(10-20-18(15)19-9-13)23-14-6-4-3-5-7-14/h4-13H,1-3H3;3-10H,1-2H3,(H,19,20). The molecule has 0 aliphatic carbocycles. The van der Waals surface area contributed by atoms with Gasteiger partial charge in [0.2, 0.25) is 0 Å². The van der Waals surface area contributed by atoms with Crippen molar-refractivity contribution in [1.29, 1.82) is 0 Å². The van der Waals surface area contributed by atoms with E-state index in [0.29, 0.717) is 0 Å². The van der Waals surface area contributed by atoms with Gasteiger partial charge in [-0.1, -0.05) is 70.2 Å². The van der Waals surface area contributed by atoms with Crippen LogP contribution in [0.2, 0.25) is 0 Å². The van der Waals surface area contributed by atoms with Gasteiger partial charge in [-0.2, -0.15) is 5.10 Å². The van der Waals surface area contributed by atoms with E-state index in [2.05, 4.69) is 84.7 Å². The summed E-state index contributed by atoms with van der Waals surface area (Å²) >= 11 is 3.45. The minimum atomic E-state index is 0.799. The zero-order chi connectivity index (χ0) is 35.8. The quantitative estimate of drug-likeness (QED) is 0.172. The average Bonchev–Trinajstić information content (AvgIpc) is 3.99. The number of nitrogens with zero attached hydrogens (tertiary/aromatic N) is 7. The molecule has 1 N–H and O–H groups in total. The Balaban J connectivity index is 0.000000153. The van der Waals surface area contributed by atoms with Gasteiger partial charge in [0, 0.05) is 90.6 Å². The predicted molar refractivity (Wildman–Crippen MR) is 205 cm³/mol. The Labute approximate surface area is 308 Å². The number of hydrogen-bond acceptors (Lipinski definition) is 9. The normalized spacial score (nSPS) is 11.3. The van der Waals surface area contributed by atoms with Gasteiger partial charge in [-0.25, -0.2) is 9.97 Å². The second kappa shape index (κ2) is 14.0. The van der Waals surface area contributed by atoms with Gasteiger partial charge in [0.1, 0.15) is 22.8 Å². The second-order valence-corrected chi connectivity index (χ2v) is 14.6. The average molecular weight is 723 g/mol. The largest absolute Gasteiger partial charge is 0.361 e. The number of aromatic nitrogens is 8. The molecule has 0 atom stereocenters. The summed E-state index contributed by atoms with van der Waals surface area (Å²) in [6.07, 6.45) is 11.7. The molecule has 7 heterocycles. The molecule has 0 aliphatic rings. The third-order valence-corrected chi connectivity index (χ3v) is 10.8. The molecule has 12 heteroatoms. The molecule has 0 fully saturated rings. The molecule has 9 aromatic rings.